The standard InChI is InChI=1S/C38H31N3/c1-25(27-15-7-5-8-16-27)39-37(28-17-9-6-10-18-28)40-26(2)41-35-22-14-12-20-30(35)32-23-31-29-19-11-13-21-33(29)38(3,4)34(31)24-36(32)41/h5-24H,1H2,2-4H3. The molecule has 1 aliphatic rings. The summed E-state index contributed by atoms with van der Waals surface area (Å²) in [6.45, 7) is 11.0. The van der Waals surface area contributed by atoms with Crippen LogP contribution in [0.1, 0.15) is 43.0 Å². The third kappa shape index (κ3) is 4.05. The van der Waals surface area contributed by atoms with Gasteiger partial charge >= 0.3 is 0 Å². The first-order chi connectivity index (χ1) is 19.9. The Kier molecular flexibility index (Phi) is 5.83. The van der Waals surface area contributed by atoms with Crippen molar-refractivity contribution in [1.29, 1.82) is 0 Å². The predicted octanol–water partition coefficient (Wildman–Crippen LogP) is 9.48. The lowest BCUT2D eigenvalue weighted by Crippen LogP contribution is -2.15. The number of amidine groups is 1. The maximum Gasteiger partial charge on any atom is 0.161 e. The van der Waals surface area contributed by atoms with E-state index in [1.54, 1.807) is 0 Å². The molecule has 3 nitrogen and oxygen atoms in total. The number of fused-ring (bicyclic) bond motifs is 6. The monoisotopic (exact) mass is 529 g/mol. The minimum atomic E-state index is -0.0868. The average molecular weight is 530 g/mol. The van der Waals surface area contributed by atoms with Gasteiger partial charge in [0.05, 0.1) is 16.7 Å². The Morgan fingerprint density at radius 3 is 2.00 bits per heavy atom. The summed E-state index contributed by atoms with van der Waals surface area (Å²) >= 11 is 0. The van der Waals surface area contributed by atoms with E-state index < -0.39 is 0 Å². The smallest absolute Gasteiger partial charge is 0.161 e. The summed E-state index contributed by atoms with van der Waals surface area (Å²) in [6.07, 6.45) is 0. The molecule has 3 heteroatoms. The van der Waals surface area contributed by atoms with Gasteiger partial charge in [-0.25, -0.2) is 9.98 Å². The number of hydrogen-bond acceptors (Lipinski definition) is 1. The lowest BCUT2D eigenvalue weighted by atomic mass is 9.82. The lowest BCUT2D eigenvalue weighted by Gasteiger charge is -2.21. The summed E-state index contributed by atoms with van der Waals surface area (Å²) in [4.78, 5) is 10.1. The number of aliphatic imine (C=N–C) groups is 2. The summed E-state index contributed by atoms with van der Waals surface area (Å²) in [7, 11) is 0. The number of rotatable bonds is 3. The molecule has 7 rings (SSSR count). The highest BCUT2D eigenvalue weighted by Gasteiger charge is 2.36. The van der Waals surface area contributed by atoms with Crippen molar-refractivity contribution in [1.82, 2.24) is 4.57 Å². The number of para-hydroxylation sites is 1. The molecule has 0 spiro atoms. The van der Waals surface area contributed by atoms with E-state index in [2.05, 4.69) is 92.6 Å². The zero-order valence-electron chi connectivity index (χ0n) is 23.6. The highest BCUT2D eigenvalue weighted by atomic mass is 15.1. The van der Waals surface area contributed by atoms with E-state index in [-0.39, 0.29) is 5.41 Å². The van der Waals surface area contributed by atoms with Gasteiger partial charge in [-0.2, -0.15) is 0 Å². The number of benzene rings is 5. The summed E-state index contributed by atoms with van der Waals surface area (Å²) in [5, 5.41) is 2.45. The van der Waals surface area contributed by atoms with Crippen molar-refractivity contribution in [2.75, 3.05) is 0 Å². The summed E-state index contributed by atoms with van der Waals surface area (Å²) in [6, 6.07) is 42.4. The lowest BCUT2D eigenvalue weighted by molar-refractivity contribution is 0.661. The molecular weight excluding hydrogens is 498 g/mol. The highest BCUT2D eigenvalue weighted by Crippen LogP contribution is 2.50. The Labute approximate surface area is 240 Å². The Bertz CT molecular complexity index is 2020. The summed E-state index contributed by atoms with van der Waals surface area (Å²) < 4.78 is 2.29. The first-order valence-corrected chi connectivity index (χ1v) is 14.0. The van der Waals surface area contributed by atoms with Crippen LogP contribution < -0.4 is 0 Å². The molecule has 1 aromatic heterocycles. The maximum absolute atomic E-state index is 5.19. The molecule has 5 aromatic carbocycles. The number of hydrogen-bond donors (Lipinski definition) is 0. The quantitative estimate of drug-likeness (QED) is 0.161. The van der Waals surface area contributed by atoms with Crippen molar-refractivity contribution in [3.63, 3.8) is 0 Å². The van der Waals surface area contributed by atoms with Crippen molar-refractivity contribution in [2.45, 2.75) is 26.2 Å². The van der Waals surface area contributed by atoms with E-state index in [1.165, 1.54) is 33.0 Å². The van der Waals surface area contributed by atoms with Crippen LogP contribution >= 0.6 is 0 Å². The molecule has 0 fully saturated rings. The van der Waals surface area contributed by atoms with Crippen LogP contribution in [0, 0.1) is 0 Å². The molecule has 0 N–H and O–H groups in total. The average Bonchev–Trinajstić information content (AvgIpc) is 3.45. The molecule has 1 heterocycles. The van der Waals surface area contributed by atoms with Gasteiger partial charge in [-0.1, -0.05) is 124 Å². The van der Waals surface area contributed by atoms with Gasteiger partial charge in [0.15, 0.2) is 5.84 Å². The predicted molar refractivity (Wildman–Crippen MR) is 174 cm³/mol. The van der Waals surface area contributed by atoms with Crippen LogP contribution in [0.3, 0.4) is 0 Å². The van der Waals surface area contributed by atoms with Crippen LogP contribution in [0.4, 0.5) is 0 Å². The highest BCUT2D eigenvalue weighted by molar-refractivity contribution is 6.18. The zero-order chi connectivity index (χ0) is 28.1. The van der Waals surface area contributed by atoms with E-state index in [1.807, 2.05) is 60.7 Å². The Morgan fingerprint density at radius 2 is 1.24 bits per heavy atom. The molecule has 0 saturated heterocycles. The number of aromatic nitrogens is 1. The molecular formula is C38H31N3. The van der Waals surface area contributed by atoms with E-state index >= 15 is 0 Å². The van der Waals surface area contributed by atoms with Crippen molar-refractivity contribution in [3.8, 4) is 11.1 Å². The van der Waals surface area contributed by atoms with Crippen LogP contribution in [0.2, 0.25) is 0 Å². The second-order valence-electron chi connectivity index (χ2n) is 11.2. The molecule has 6 aromatic rings. The third-order valence-corrected chi connectivity index (χ3v) is 8.35. The molecule has 0 amide bonds. The molecule has 0 aliphatic heterocycles. The van der Waals surface area contributed by atoms with Gasteiger partial charge in [0.1, 0.15) is 5.84 Å². The SMILES string of the molecule is C=C(N=C(N=C(C)n1c2ccccc2c2cc3c(cc21)C(C)(C)c1ccccc1-3)c1ccccc1)c1ccccc1. The number of nitrogens with zero attached hydrogens (tertiary/aromatic N) is 3. The van der Waals surface area contributed by atoms with Gasteiger partial charge in [-0.05, 0) is 52.9 Å². The van der Waals surface area contributed by atoms with E-state index in [0.29, 0.717) is 11.5 Å². The molecule has 0 atom stereocenters. The van der Waals surface area contributed by atoms with E-state index in [9.17, 15) is 0 Å². The normalized spacial score (nSPS) is 14.3. The fourth-order valence-electron chi connectivity index (χ4n) is 6.28. The van der Waals surface area contributed by atoms with Gasteiger partial charge in [0, 0.05) is 21.8 Å². The second kappa shape index (κ2) is 9.57. The Morgan fingerprint density at radius 1 is 0.610 bits per heavy atom. The van der Waals surface area contributed by atoms with Crippen molar-refractivity contribution in [2.24, 2.45) is 9.98 Å². The van der Waals surface area contributed by atoms with Gasteiger partial charge < -0.3 is 0 Å². The molecule has 198 valence electrons. The van der Waals surface area contributed by atoms with E-state index in [4.69, 9.17) is 9.98 Å². The van der Waals surface area contributed by atoms with Gasteiger partial charge in [-0.3, -0.25) is 4.57 Å². The second-order valence-corrected chi connectivity index (χ2v) is 11.2. The van der Waals surface area contributed by atoms with E-state index in [0.717, 1.165) is 28.0 Å². The topological polar surface area (TPSA) is 29.6 Å². The van der Waals surface area contributed by atoms with Crippen LogP contribution in [-0.4, -0.2) is 16.2 Å². The van der Waals surface area contributed by atoms with Crippen LogP contribution in [0.25, 0.3) is 38.6 Å². The van der Waals surface area contributed by atoms with Gasteiger partial charge in [0.25, 0.3) is 0 Å². The summed E-state index contributed by atoms with van der Waals surface area (Å²) in [5.74, 6) is 1.49. The largest absolute Gasteiger partial charge is 0.297 e. The van der Waals surface area contributed by atoms with Crippen LogP contribution in [-0.2, 0) is 5.41 Å². The molecule has 0 radical (unpaired) electrons. The molecule has 1 aliphatic carbocycles. The van der Waals surface area contributed by atoms with Crippen molar-refractivity contribution >= 4 is 39.2 Å². The minimum Gasteiger partial charge on any atom is -0.297 e. The van der Waals surface area contributed by atoms with Gasteiger partial charge in [-0.15, -0.1) is 0 Å². The fraction of sp³-hybridized carbons (Fsp3) is 0.105. The zero-order valence-corrected chi connectivity index (χ0v) is 23.6. The Balaban J connectivity index is 1.46. The van der Waals surface area contributed by atoms with Crippen molar-refractivity contribution in [3.05, 3.63) is 150 Å². The summed E-state index contributed by atoms with van der Waals surface area (Å²) in [5.41, 5.74) is 10.2. The minimum absolute atomic E-state index is 0.0868. The molecule has 41 heavy (non-hydrogen) atoms. The Hall–Kier alpha value is -5.02. The first kappa shape index (κ1) is 25.0. The molecule has 0 saturated carbocycles. The maximum atomic E-state index is 5.19. The van der Waals surface area contributed by atoms with Crippen molar-refractivity contribution < 1.29 is 0 Å². The van der Waals surface area contributed by atoms with Gasteiger partial charge in [0.2, 0.25) is 0 Å². The van der Waals surface area contributed by atoms with Crippen LogP contribution in [0.5, 0.6) is 0 Å². The first-order valence-electron chi connectivity index (χ1n) is 14.0. The third-order valence-electron chi connectivity index (χ3n) is 8.35. The molecule has 0 unspecified atom stereocenters. The molecule has 0 bridgehead atoms. The fourth-order valence-corrected chi connectivity index (χ4v) is 6.28. The van der Waals surface area contributed by atoms with Crippen LogP contribution in [0.15, 0.2) is 138 Å².